The Morgan fingerprint density at radius 1 is 0.857 bits per heavy atom. The first-order chi connectivity index (χ1) is 27.4. The Balaban J connectivity index is 0.951. The molecule has 10 nitrogen and oxygen atoms in total. The topological polar surface area (TPSA) is 127 Å². The number of para-hydroxylation sites is 1. The van der Waals surface area contributed by atoms with E-state index in [1.807, 2.05) is 121 Å². The number of carbonyl (C=O) groups excluding carboxylic acids is 3. The zero-order valence-corrected chi connectivity index (χ0v) is 31.9. The minimum atomic E-state index is -0.993. The van der Waals surface area contributed by atoms with Crippen LogP contribution in [-0.4, -0.2) is 50.8 Å². The number of thiazole rings is 1. The number of rotatable bonds is 12. The molecule has 3 amide bonds. The van der Waals surface area contributed by atoms with Crippen molar-refractivity contribution in [2.75, 3.05) is 5.75 Å². The van der Waals surface area contributed by atoms with E-state index in [4.69, 9.17) is 19.2 Å². The van der Waals surface area contributed by atoms with Crippen molar-refractivity contribution in [3.05, 3.63) is 155 Å². The second-order valence-electron chi connectivity index (χ2n) is 13.7. The summed E-state index contributed by atoms with van der Waals surface area (Å²) in [4.78, 5) is 44.9. The van der Waals surface area contributed by atoms with Gasteiger partial charge >= 0.3 is 6.09 Å². The van der Waals surface area contributed by atoms with Crippen molar-refractivity contribution >= 4 is 51.2 Å². The van der Waals surface area contributed by atoms with Crippen LogP contribution in [0.2, 0.25) is 0 Å². The molecule has 0 saturated carbocycles. The second kappa shape index (κ2) is 17.2. The minimum absolute atomic E-state index is 0.0250. The number of fused-ring (bicyclic) bond motifs is 1. The Morgan fingerprint density at radius 3 is 2.38 bits per heavy atom. The highest BCUT2D eigenvalue weighted by Crippen LogP contribution is 2.41. The number of ether oxygens (including phenoxy) is 3. The van der Waals surface area contributed by atoms with Gasteiger partial charge in [-0.2, -0.15) is 0 Å². The van der Waals surface area contributed by atoms with Crippen molar-refractivity contribution in [1.82, 2.24) is 15.2 Å². The first kappa shape index (κ1) is 37.5. The smallest absolute Gasteiger partial charge is 0.408 e. The molecule has 284 valence electrons. The maximum absolute atomic E-state index is 13.3. The molecule has 4 atom stereocenters. The number of amides is 3. The second-order valence-corrected chi connectivity index (χ2v) is 16.0. The van der Waals surface area contributed by atoms with Crippen molar-refractivity contribution in [1.29, 1.82) is 0 Å². The van der Waals surface area contributed by atoms with Crippen LogP contribution in [0.5, 0.6) is 0 Å². The predicted octanol–water partition coefficient (Wildman–Crippen LogP) is 8.35. The summed E-state index contributed by atoms with van der Waals surface area (Å²) in [6, 6.07) is 39.8. The summed E-state index contributed by atoms with van der Waals surface area (Å²) in [5.74, 6) is -0.133. The van der Waals surface area contributed by atoms with Crippen molar-refractivity contribution in [2.45, 2.75) is 61.5 Å². The molecule has 0 bridgehead atoms. The van der Waals surface area contributed by atoms with Crippen LogP contribution in [0.15, 0.2) is 132 Å². The lowest BCUT2D eigenvalue weighted by Crippen LogP contribution is -2.41. The molecule has 12 heteroatoms. The van der Waals surface area contributed by atoms with Gasteiger partial charge in [0, 0.05) is 17.7 Å². The number of benzene rings is 5. The highest BCUT2D eigenvalue weighted by atomic mass is 32.2. The lowest BCUT2D eigenvalue weighted by Gasteiger charge is -2.36. The zero-order valence-electron chi connectivity index (χ0n) is 30.3. The SMILES string of the molecule is O=C(NC1CC(=O)N(Cc2ccccc2-c2ccc(C3OC(CSc4nc5ccccc5s4)CC(c4ccc(CO)cc4)O3)cc2)C1=O)OCc1ccccc1. The van der Waals surface area contributed by atoms with Crippen LogP contribution in [0.25, 0.3) is 21.3 Å². The van der Waals surface area contributed by atoms with E-state index in [2.05, 4.69) is 11.4 Å². The van der Waals surface area contributed by atoms with Crippen molar-refractivity contribution in [3.8, 4) is 11.1 Å². The highest BCUT2D eigenvalue weighted by Gasteiger charge is 2.40. The molecule has 8 rings (SSSR count). The van der Waals surface area contributed by atoms with E-state index in [0.717, 1.165) is 53.5 Å². The average molecular weight is 786 g/mol. The highest BCUT2D eigenvalue weighted by molar-refractivity contribution is 8.01. The normalized spacial score (nSPS) is 19.7. The molecule has 3 heterocycles. The van der Waals surface area contributed by atoms with E-state index < -0.39 is 24.3 Å². The van der Waals surface area contributed by atoms with Gasteiger partial charge < -0.3 is 24.6 Å². The Hall–Kier alpha value is -5.37. The van der Waals surface area contributed by atoms with E-state index >= 15 is 0 Å². The molecule has 5 aromatic carbocycles. The third-order valence-electron chi connectivity index (χ3n) is 9.87. The summed E-state index contributed by atoms with van der Waals surface area (Å²) in [7, 11) is 0. The van der Waals surface area contributed by atoms with Crippen LogP contribution in [0.4, 0.5) is 4.79 Å². The quantitative estimate of drug-likeness (QED) is 0.0930. The molecule has 56 heavy (non-hydrogen) atoms. The molecular formula is C44H39N3O7S2. The fraction of sp³-hybridized carbons (Fsp3) is 0.227. The zero-order chi connectivity index (χ0) is 38.4. The van der Waals surface area contributed by atoms with Crippen molar-refractivity contribution < 1.29 is 33.7 Å². The molecule has 6 aromatic rings. The van der Waals surface area contributed by atoms with E-state index in [0.29, 0.717) is 12.2 Å². The summed E-state index contributed by atoms with van der Waals surface area (Å²) >= 11 is 3.36. The van der Waals surface area contributed by atoms with Gasteiger partial charge in [0.25, 0.3) is 5.91 Å². The lowest BCUT2D eigenvalue weighted by molar-refractivity contribution is -0.245. The number of aliphatic hydroxyl groups excluding tert-OH is 1. The van der Waals surface area contributed by atoms with Gasteiger partial charge in [-0.1, -0.05) is 127 Å². The fourth-order valence-corrected chi connectivity index (χ4v) is 9.01. The first-order valence-corrected chi connectivity index (χ1v) is 20.2. The monoisotopic (exact) mass is 785 g/mol. The summed E-state index contributed by atoms with van der Waals surface area (Å²) in [5.41, 5.74) is 7.08. The fourth-order valence-electron chi connectivity index (χ4n) is 6.90. The maximum atomic E-state index is 13.3. The predicted molar refractivity (Wildman–Crippen MR) is 214 cm³/mol. The standard InChI is InChI=1S/C44H39N3O7S2/c48-25-28-14-16-31(17-15-28)38-22-34(27-55-44-46-36-12-6-7-13-39(36)56-44)53-42(54-38)32-20-18-30(19-21-32)35-11-5-4-10-33(35)24-47-40(49)23-37(41(47)50)45-43(51)52-26-29-8-2-1-3-9-29/h1-21,34,37-38,42,48H,22-27H2,(H,45,51). The van der Waals surface area contributed by atoms with Gasteiger partial charge in [0.15, 0.2) is 10.6 Å². The third-order valence-corrected chi connectivity index (χ3v) is 12.2. The van der Waals surface area contributed by atoms with Crippen LogP contribution >= 0.6 is 23.1 Å². The number of carbonyl (C=O) groups is 3. The summed E-state index contributed by atoms with van der Waals surface area (Å²) < 4.78 is 20.6. The summed E-state index contributed by atoms with van der Waals surface area (Å²) in [6.45, 7) is 0.0934. The maximum Gasteiger partial charge on any atom is 0.408 e. The van der Waals surface area contributed by atoms with Crippen LogP contribution in [0.1, 0.15) is 53.1 Å². The number of nitrogens with zero attached hydrogens (tertiary/aromatic N) is 2. The van der Waals surface area contributed by atoms with E-state index in [1.54, 1.807) is 23.1 Å². The lowest BCUT2D eigenvalue weighted by atomic mass is 9.97. The largest absolute Gasteiger partial charge is 0.445 e. The number of alkyl carbamates (subject to hydrolysis) is 1. The number of likely N-dealkylation sites (tertiary alicyclic amines) is 1. The van der Waals surface area contributed by atoms with Gasteiger partial charge in [0.1, 0.15) is 12.6 Å². The molecular weight excluding hydrogens is 747 g/mol. The first-order valence-electron chi connectivity index (χ1n) is 18.4. The molecule has 2 N–H and O–H groups in total. The van der Waals surface area contributed by atoms with Crippen LogP contribution in [0, 0.1) is 0 Å². The average Bonchev–Trinajstić information content (AvgIpc) is 3.78. The molecule has 0 spiro atoms. The van der Waals surface area contributed by atoms with Gasteiger partial charge in [0.05, 0.1) is 42.0 Å². The molecule has 2 fully saturated rings. The van der Waals surface area contributed by atoms with Crippen molar-refractivity contribution in [3.63, 3.8) is 0 Å². The van der Waals surface area contributed by atoms with Crippen LogP contribution in [0.3, 0.4) is 0 Å². The van der Waals surface area contributed by atoms with E-state index in [-0.39, 0.29) is 44.3 Å². The van der Waals surface area contributed by atoms with Crippen molar-refractivity contribution in [2.24, 2.45) is 0 Å². The summed E-state index contributed by atoms with van der Waals surface area (Å²) in [6.07, 6.45) is -1.19. The Kier molecular flexibility index (Phi) is 11.5. The molecule has 0 aliphatic carbocycles. The molecule has 2 saturated heterocycles. The Labute approximate surface area is 332 Å². The number of nitrogens with one attached hydrogen (secondary N) is 1. The van der Waals surface area contributed by atoms with Gasteiger partial charge in [0.2, 0.25) is 5.91 Å². The van der Waals surface area contributed by atoms with Gasteiger partial charge in [-0.15, -0.1) is 11.3 Å². The van der Waals surface area contributed by atoms with E-state index in [9.17, 15) is 19.5 Å². The minimum Gasteiger partial charge on any atom is -0.445 e. The molecule has 0 radical (unpaired) electrons. The van der Waals surface area contributed by atoms with Gasteiger partial charge in [-0.3, -0.25) is 14.5 Å². The Morgan fingerprint density at radius 2 is 1.59 bits per heavy atom. The number of hydrogen-bond donors (Lipinski definition) is 2. The number of imide groups is 1. The molecule has 4 unspecified atom stereocenters. The molecule has 1 aromatic heterocycles. The van der Waals surface area contributed by atoms with Gasteiger partial charge in [-0.05, 0) is 45.5 Å². The third kappa shape index (κ3) is 8.70. The molecule has 2 aliphatic heterocycles. The number of aliphatic hydroxyl groups is 1. The van der Waals surface area contributed by atoms with Crippen LogP contribution in [-0.2, 0) is 43.6 Å². The number of aromatic nitrogens is 1. The van der Waals surface area contributed by atoms with Gasteiger partial charge in [-0.25, -0.2) is 9.78 Å². The number of thioether (sulfide) groups is 1. The molecule has 2 aliphatic rings. The van der Waals surface area contributed by atoms with Crippen LogP contribution < -0.4 is 5.32 Å². The summed E-state index contributed by atoms with van der Waals surface area (Å²) in [5, 5.41) is 12.2. The van der Waals surface area contributed by atoms with E-state index in [1.165, 1.54) is 4.90 Å². The Bertz CT molecular complexity index is 2280. The number of hydrogen-bond acceptors (Lipinski definition) is 10.